The highest BCUT2D eigenvalue weighted by atomic mass is 16.5. The lowest BCUT2D eigenvalue weighted by Gasteiger charge is -2.18. The van der Waals surface area contributed by atoms with Crippen molar-refractivity contribution in [2.75, 3.05) is 20.3 Å². The number of benzene rings is 1. The fourth-order valence-electron chi connectivity index (χ4n) is 4.23. The van der Waals surface area contributed by atoms with Gasteiger partial charge < -0.3 is 14.0 Å². The van der Waals surface area contributed by atoms with E-state index in [1.54, 1.807) is 43.0 Å². The molecule has 0 aliphatic heterocycles. The average molecular weight is 517 g/mol. The smallest absolute Gasteiger partial charge is 0.341 e. The summed E-state index contributed by atoms with van der Waals surface area (Å²) in [4.78, 5) is 49.1. The van der Waals surface area contributed by atoms with Crippen molar-refractivity contribution < 1.29 is 19.1 Å². The second kappa shape index (κ2) is 10.7. The van der Waals surface area contributed by atoms with E-state index >= 15 is 0 Å². The Balaban J connectivity index is 2.06. The number of hydrogen-bond acceptors (Lipinski definition) is 6. The largest absolute Gasteiger partial charge is 0.462 e. The molecule has 0 bridgehead atoms. The molecule has 0 aliphatic rings. The highest BCUT2D eigenvalue weighted by Gasteiger charge is 2.21. The van der Waals surface area contributed by atoms with Gasteiger partial charge in [-0.3, -0.25) is 14.0 Å². The van der Waals surface area contributed by atoms with Gasteiger partial charge in [0.15, 0.2) is 5.49 Å². The first-order valence-corrected chi connectivity index (χ1v) is 12.5. The number of amides is 1. The number of methoxy groups -OCH3 is 1. The Labute approximate surface area is 220 Å². The van der Waals surface area contributed by atoms with Crippen molar-refractivity contribution in [1.82, 2.24) is 14.0 Å². The van der Waals surface area contributed by atoms with Crippen LogP contribution in [-0.2, 0) is 21.4 Å². The predicted octanol–water partition coefficient (Wildman–Crippen LogP) is 3.82. The maximum Gasteiger partial charge on any atom is 0.341 e. The molecular weight excluding hydrogens is 484 g/mol. The van der Waals surface area contributed by atoms with Gasteiger partial charge in [0, 0.05) is 25.4 Å². The number of aromatic nitrogens is 3. The van der Waals surface area contributed by atoms with Crippen molar-refractivity contribution in [2.45, 2.75) is 46.6 Å². The molecule has 198 valence electrons. The van der Waals surface area contributed by atoms with E-state index in [9.17, 15) is 14.4 Å². The molecule has 0 N–H and O–H groups in total. The zero-order valence-electron chi connectivity index (χ0n) is 22.6. The number of pyridine rings is 2. The van der Waals surface area contributed by atoms with E-state index in [4.69, 9.17) is 14.5 Å². The number of ether oxygens (including phenoxy) is 2. The molecule has 3 aromatic heterocycles. The van der Waals surface area contributed by atoms with E-state index in [1.807, 2.05) is 25.1 Å². The monoisotopic (exact) mass is 516 g/mol. The van der Waals surface area contributed by atoms with E-state index in [0.717, 1.165) is 11.1 Å². The molecule has 0 aliphatic carbocycles. The molecule has 0 unspecified atom stereocenters. The van der Waals surface area contributed by atoms with Crippen LogP contribution in [0.15, 0.2) is 58.4 Å². The number of fused-ring (bicyclic) bond motifs is 2. The highest BCUT2D eigenvalue weighted by molar-refractivity contribution is 5.97. The quantitative estimate of drug-likeness (QED) is 0.285. The summed E-state index contributed by atoms with van der Waals surface area (Å²) >= 11 is 0. The molecule has 3 heterocycles. The number of rotatable bonds is 6. The number of carbonyl (C=O) groups is 2. The van der Waals surface area contributed by atoms with Gasteiger partial charge in [0.1, 0.15) is 16.9 Å². The second-order valence-corrected chi connectivity index (χ2v) is 10.0. The molecule has 0 atom stereocenters. The minimum Gasteiger partial charge on any atom is -0.462 e. The van der Waals surface area contributed by atoms with Crippen LogP contribution in [0, 0.1) is 6.92 Å². The SMILES string of the molecule is CCOC(=O)c1cc2c(=O)n3cccc(C)c3nc2n(CCOC)c1=NC(=O)c1ccc(C(C)(C)C)cc1. The van der Waals surface area contributed by atoms with E-state index in [1.165, 1.54) is 10.5 Å². The van der Waals surface area contributed by atoms with Gasteiger partial charge in [-0.15, -0.1) is 0 Å². The van der Waals surface area contributed by atoms with Crippen LogP contribution in [0.5, 0.6) is 0 Å². The molecule has 9 heteroatoms. The van der Waals surface area contributed by atoms with Gasteiger partial charge in [-0.25, -0.2) is 9.78 Å². The Kier molecular flexibility index (Phi) is 7.59. The highest BCUT2D eigenvalue weighted by Crippen LogP contribution is 2.22. The molecule has 0 spiro atoms. The van der Waals surface area contributed by atoms with Crippen LogP contribution in [0.2, 0.25) is 0 Å². The first-order chi connectivity index (χ1) is 18.1. The van der Waals surface area contributed by atoms with Crippen molar-refractivity contribution >= 4 is 28.6 Å². The second-order valence-electron chi connectivity index (χ2n) is 10.0. The first kappa shape index (κ1) is 26.9. The third-order valence-corrected chi connectivity index (χ3v) is 6.32. The van der Waals surface area contributed by atoms with Crippen LogP contribution in [0.3, 0.4) is 0 Å². The van der Waals surface area contributed by atoms with Crippen molar-refractivity contribution in [3.63, 3.8) is 0 Å². The molecule has 0 saturated heterocycles. The van der Waals surface area contributed by atoms with Gasteiger partial charge >= 0.3 is 5.97 Å². The molecule has 4 rings (SSSR count). The summed E-state index contributed by atoms with van der Waals surface area (Å²) in [7, 11) is 1.54. The van der Waals surface area contributed by atoms with E-state index in [0.29, 0.717) is 16.9 Å². The standard InChI is InChI=1S/C29H32N4O5/c1-7-38-28(36)22-17-21-24(30-23-18(2)9-8-14-33(23)27(21)35)32(15-16-37-6)25(22)31-26(34)19-10-12-20(13-11-19)29(3,4)5/h8-14,17H,7,15-16H2,1-6H3. The Morgan fingerprint density at radius 1 is 1.08 bits per heavy atom. The summed E-state index contributed by atoms with van der Waals surface area (Å²) < 4.78 is 13.6. The van der Waals surface area contributed by atoms with Crippen molar-refractivity contribution in [1.29, 1.82) is 0 Å². The minimum atomic E-state index is -0.691. The van der Waals surface area contributed by atoms with Crippen LogP contribution < -0.4 is 11.0 Å². The molecule has 4 aromatic rings. The van der Waals surface area contributed by atoms with Gasteiger partial charge in [-0.1, -0.05) is 39.0 Å². The summed E-state index contributed by atoms with van der Waals surface area (Å²) in [5.74, 6) is -1.22. The van der Waals surface area contributed by atoms with E-state index < -0.39 is 11.9 Å². The van der Waals surface area contributed by atoms with Gasteiger partial charge in [-0.2, -0.15) is 4.99 Å². The number of esters is 1. The Morgan fingerprint density at radius 2 is 1.79 bits per heavy atom. The minimum absolute atomic E-state index is 0.00150. The molecule has 1 aromatic carbocycles. The molecule has 9 nitrogen and oxygen atoms in total. The van der Waals surface area contributed by atoms with E-state index in [-0.39, 0.29) is 47.2 Å². The number of nitrogens with zero attached hydrogens (tertiary/aromatic N) is 4. The zero-order valence-corrected chi connectivity index (χ0v) is 22.6. The Morgan fingerprint density at radius 3 is 2.42 bits per heavy atom. The molecule has 0 radical (unpaired) electrons. The topological polar surface area (TPSA) is 104 Å². The fourth-order valence-corrected chi connectivity index (χ4v) is 4.23. The van der Waals surface area contributed by atoms with Crippen LogP contribution in [0.1, 0.15) is 59.5 Å². The Bertz CT molecular complexity index is 1660. The van der Waals surface area contributed by atoms with E-state index in [2.05, 4.69) is 25.8 Å². The molecule has 0 fully saturated rings. The summed E-state index contributed by atoms with van der Waals surface area (Å²) in [5.41, 5.74) is 2.65. The number of hydrogen-bond donors (Lipinski definition) is 0. The molecule has 38 heavy (non-hydrogen) atoms. The number of carbonyl (C=O) groups excluding carboxylic acids is 2. The Hall–Kier alpha value is -4.11. The predicted molar refractivity (Wildman–Crippen MR) is 145 cm³/mol. The lowest BCUT2D eigenvalue weighted by molar-refractivity contribution is 0.0523. The normalized spacial score (nSPS) is 12.3. The molecule has 0 saturated carbocycles. The summed E-state index contributed by atoms with van der Waals surface area (Å²) in [6.45, 7) is 10.4. The van der Waals surface area contributed by atoms with Crippen LogP contribution in [0.25, 0.3) is 16.7 Å². The van der Waals surface area contributed by atoms with Gasteiger partial charge in [0.2, 0.25) is 0 Å². The van der Waals surface area contributed by atoms with Crippen molar-refractivity contribution in [2.24, 2.45) is 4.99 Å². The van der Waals surface area contributed by atoms with Crippen LogP contribution in [-0.4, -0.2) is 46.2 Å². The van der Waals surface area contributed by atoms with Crippen molar-refractivity contribution in [3.05, 3.63) is 86.8 Å². The molecular formula is C29H32N4O5. The summed E-state index contributed by atoms with van der Waals surface area (Å²) in [6.07, 6.45) is 1.63. The average Bonchev–Trinajstić information content (AvgIpc) is 2.88. The van der Waals surface area contributed by atoms with Crippen LogP contribution in [0.4, 0.5) is 0 Å². The van der Waals surface area contributed by atoms with Crippen LogP contribution >= 0.6 is 0 Å². The fraction of sp³-hybridized carbons (Fsp3) is 0.345. The number of aryl methyl sites for hydroxylation is 1. The third kappa shape index (κ3) is 5.15. The summed E-state index contributed by atoms with van der Waals surface area (Å²) in [6, 6.07) is 12.3. The maximum atomic E-state index is 13.5. The summed E-state index contributed by atoms with van der Waals surface area (Å²) in [5, 5.41) is 0.202. The van der Waals surface area contributed by atoms with Gasteiger partial charge in [-0.05, 0) is 54.7 Å². The molecule has 1 amide bonds. The first-order valence-electron chi connectivity index (χ1n) is 12.5. The van der Waals surface area contributed by atoms with Gasteiger partial charge in [0.05, 0.1) is 18.6 Å². The lowest BCUT2D eigenvalue weighted by Crippen LogP contribution is -2.33. The lowest BCUT2D eigenvalue weighted by atomic mass is 9.87. The van der Waals surface area contributed by atoms with Gasteiger partial charge in [0.25, 0.3) is 11.5 Å². The third-order valence-electron chi connectivity index (χ3n) is 6.32. The van der Waals surface area contributed by atoms with Crippen molar-refractivity contribution in [3.8, 4) is 0 Å². The maximum absolute atomic E-state index is 13.5. The zero-order chi connectivity index (χ0) is 27.6.